The van der Waals surface area contributed by atoms with Crippen molar-refractivity contribution in [1.29, 1.82) is 0 Å². The highest BCUT2D eigenvalue weighted by atomic mass is 16.4. The number of aromatic nitrogens is 1. The second-order valence-corrected chi connectivity index (χ2v) is 5.15. The van der Waals surface area contributed by atoms with E-state index in [4.69, 9.17) is 0 Å². The zero-order valence-electron chi connectivity index (χ0n) is 11.7. The molecule has 1 saturated heterocycles. The van der Waals surface area contributed by atoms with Gasteiger partial charge in [-0.15, -0.1) is 0 Å². The van der Waals surface area contributed by atoms with Gasteiger partial charge in [-0.3, -0.25) is 4.79 Å². The molecule has 108 valence electrons. The van der Waals surface area contributed by atoms with E-state index in [1.807, 2.05) is 19.0 Å². The lowest BCUT2D eigenvalue weighted by Crippen LogP contribution is -2.48. The van der Waals surface area contributed by atoms with Crippen molar-refractivity contribution in [3.8, 4) is 0 Å². The first-order chi connectivity index (χ1) is 9.50. The maximum absolute atomic E-state index is 12.4. The van der Waals surface area contributed by atoms with E-state index in [0.717, 1.165) is 18.7 Å². The van der Waals surface area contributed by atoms with Crippen LogP contribution in [0.15, 0.2) is 18.3 Å². The second-order valence-electron chi connectivity index (χ2n) is 5.15. The monoisotopic (exact) mass is 277 g/mol. The van der Waals surface area contributed by atoms with E-state index in [1.165, 1.54) is 11.1 Å². The molecular weight excluding hydrogens is 258 g/mol. The topological polar surface area (TPSA) is 73.7 Å². The lowest BCUT2D eigenvalue weighted by molar-refractivity contribution is -0.143. The van der Waals surface area contributed by atoms with Gasteiger partial charge >= 0.3 is 5.97 Å². The Morgan fingerprint density at radius 3 is 2.65 bits per heavy atom. The van der Waals surface area contributed by atoms with Crippen molar-refractivity contribution >= 4 is 17.7 Å². The van der Waals surface area contributed by atoms with Gasteiger partial charge in [0.15, 0.2) is 0 Å². The number of hydrogen-bond donors (Lipinski definition) is 1. The maximum atomic E-state index is 12.4. The van der Waals surface area contributed by atoms with Crippen molar-refractivity contribution in [2.45, 2.75) is 25.3 Å². The van der Waals surface area contributed by atoms with Crippen molar-refractivity contribution in [1.82, 2.24) is 9.88 Å². The molecule has 1 fully saturated rings. The number of carbonyl (C=O) groups excluding carboxylic acids is 1. The van der Waals surface area contributed by atoms with Gasteiger partial charge in [-0.2, -0.15) is 0 Å². The predicted octanol–water partition coefficient (Wildman–Crippen LogP) is 1.23. The fraction of sp³-hybridized carbons (Fsp3) is 0.500. The van der Waals surface area contributed by atoms with Crippen LogP contribution in [0.5, 0.6) is 0 Å². The van der Waals surface area contributed by atoms with Crippen LogP contribution in [0.1, 0.15) is 29.6 Å². The van der Waals surface area contributed by atoms with E-state index in [-0.39, 0.29) is 5.91 Å². The van der Waals surface area contributed by atoms with E-state index in [0.29, 0.717) is 18.5 Å². The molecule has 1 aliphatic heterocycles. The van der Waals surface area contributed by atoms with E-state index in [2.05, 4.69) is 4.98 Å². The maximum Gasteiger partial charge on any atom is 0.326 e. The number of rotatable bonds is 3. The van der Waals surface area contributed by atoms with Crippen LogP contribution in [0.25, 0.3) is 0 Å². The minimum atomic E-state index is -0.934. The fourth-order valence-electron chi connectivity index (χ4n) is 2.37. The van der Waals surface area contributed by atoms with Crippen LogP contribution in [0.4, 0.5) is 5.82 Å². The molecule has 6 heteroatoms. The summed E-state index contributed by atoms with van der Waals surface area (Å²) in [5, 5.41) is 9.21. The van der Waals surface area contributed by atoms with Crippen LogP contribution >= 0.6 is 0 Å². The zero-order valence-corrected chi connectivity index (χ0v) is 11.7. The molecule has 0 aromatic carbocycles. The third-order valence-electron chi connectivity index (χ3n) is 3.50. The van der Waals surface area contributed by atoms with Crippen LogP contribution in [0, 0.1) is 0 Å². The molecule has 0 saturated carbocycles. The predicted molar refractivity (Wildman–Crippen MR) is 74.9 cm³/mol. The number of carboxylic acids is 1. The Morgan fingerprint density at radius 2 is 2.10 bits per heavy atom. The first kappa shape index (κ1) is 14.3. The number of nitrogens with zero attached hydrogens (tertiary/aromatic N) is 3. The summed E-state index contributed by atoms with van der Waals surface area (Å²) in [6.45, 7) is 0.491. The summed E-state index contributed by atoms with van der Waals surface area (Å²) in [5.74, 6) is -0.430. The quantitative estimate of drug-likeness (QED) is 0.899. The van der Waals surface area contributed by atoms with Gasteiger partial charge in [0.05, 0.1) is 5.56 Å². The Labute approximate surface area is 118 Å². The van der Waals surface area contributed by atoms with E-state index in [1.54, 1.807) is 12.1 Å². The molecule has 0 spiro atoms. The van der Waals surface area contributed by atoms with Crippen molar-refractivity contribution in [3.63, 3.8) is 0 Å². The van der Waals surface area contributed by atoms with Crippen molar-refractivity contribution in [2.24, 2.45) is 0 Å². The summed E-state index contributed by atoms with van der Waals surface area (Å²) in [5.41, 5.74) is 0.434. The van der Waals surface area contributed by atoms with Gasteiger partial charge in [0, 0.05) is 26.8 Å². The molecule has 1 amide bonds. The Hall–Kier alpha value is -2.11. The van der Waals surface area contributed by atoms with Crippen LogP contribution in [-0.2, 0) is 4.79 Å². The third kappa shape index (κ3) is 2.89. The van der Waals surface area contributed by atoms with Crippen molar-refractivity contribution < 1.29 is 14.7 Å². The Bertz CT molecular complexity index is 499. The summed E-state index contributed by atoms with van der Waals surface area (Å²) in [6.07, 6.45) is 3.72. The van der Waals surface area contributed by atoms with Gasteiger partial charge in [0.25, 0.3) is 5.91 Å². The number of piperidine rings is 1. The molecule has 6 nitrogen and oxygen atoms in total. The standard InChI is InChI=1S/C14H19N3O3/c1-16(2)12-7-6-10(9-15-12)13(18)17-8-4-3-5-11(17)14(19)20/h6-7,9,11H,3-5,8H2,1-2H3,(H,19,20). The fourth-order valence-corrected chi connectivity index (χ4v) is 2.37. The molecule has 1 unspecified atom stereocenters. The molecule has 2 rings (SSSR count). The Morgan fingerprint density at radius 1 is 1.35 bits per heavy atom. The first-order valence-corrected chi connectivity index (χ1v) is 6.68. The molecule has 0 aliphatic carbocycles. The van der Waals surface area contributed by atoms with Crippen LogP contribution in [-0.4, -0.2) is 53.5 Å². The van der Waals surface area contributed by atoms with Gasteiger partial charge in [-0.25, -0.2) is 9.78 Å². The average Bonchev–Trinajstić information content (AvgIpc) is 2.46. The van der Waals surface area contributed by atoms with Gasteiger partial charge < -0.3 is 14.9 Å². The molecule has 20 heavy (non-hydrogen) atoms. The van der Waals surface area contributed by atoms with Gasteiger partial charge in [0.2, 0.25) is 0 Å². The number of carboxylic acid groups (broad SMARTS) is 1. The summed E-state index contributed by atoms with van der Waals surface area (Å²) < 4.78 is 0. The molecule has 0 bridgehead atoms. The minimum absolute atomic E-state index is 0.255. The second kappa shape index (κ2) is 5.90. The van der Waals surface area contributed by atoms with E-state index in [9.17, 15) is 14.7 Å². The largest absolute Gasteiger partial charge is 0.480 e. The van der Waals surface area contributed by atoms with E-state index >= 15 is 0 Å². The molecule has 1 aliphatic rings. The van der Waals surface area contributed by atoms with Crippen molar-refractivity contribution in [2.75, 3.05) is 25.5 Å². The van der Waals surface area contributed by atoms with Crippen LogP contribution in [0.2, 0.25) is 0 Å². The highest BCUT2D eigenvalue weighted by Crippen LogP contribution is 2.20. The third-order valence-corrected chi connectivity index (χ3v) is 3.50. The lowest BCUT2D eigenvalue weighted by Gasteiger charge is -2.32. The minimum Gasteiger partial charge on any atom is -0.480 e. The number of amides is 1. The molecule has 2 heterocycles. The number of pyridine rings is 1. The molecule has 1 atom stereocenters. The summed E-state index contributed by atoms with van der Waals surface area (Å²) in [4.78, 5) is 31.1. The molecule has 1 aromatic heterocycles. The first-order valence-electron chi connectivity index (χ1n) is 6.68. The van der Waals surface area contributed by atoms with Crippen molar-refractivity contribution in [3.05, 3.63) is 23.9 Å². The van der Waals surface area contributed by atoms with Gasteiger partial charge in [-0.1, -0.05) is 0 Å². The Balaban J connectivity index is 2.18. The zero-order chi connectivity index (χ0) is 14.7. The Kier molecular flexibility index (Phi) is 4.22. The SMILES string of the molecule is CN(C)c1ccc(C(=O)N2CCCCC2C(=O)O)cn1. The summed E-state index contributed by atoms with van der Waals surface area (Å²) in [7, 11) is 3.74. The smallest absolute Gasteiger partial charge is 0.326 e. The number of likely N-dealkylation sites (tertiary alicyclic amines) is 1. The molecular formula is C14H19N3O3. The molecule has 1 aromatic rings. The normalized spacial score (nSPS) is 18.7. The lowest BCUT2D eigenvalue weighted by atomic mass is 10.0. The molecule has 1 N–H and O–H groups in total. The van der Waals surface area contributed by atoms with Gasteiger partial charge in [0.1, 0.15) is 11.9 Å². The number of hydrogen-bond acceptors (Lipinski definition) is 4. The van der Waals surface area contributed by atoms with Crippen LogP contribution < -0.4 is 4.90 Å². The average molecular weight is 277 g/mol. The van der Waals surface area contributed by atoms with Crippen LogP contribution in [0.3, 0.4) is 0 Å². The number of aliphatic carboxylic acids is 1. The summed E-state index contributed by atoms with van der Waals surface area (Å²) >= 11 is 0. The highest BCUT2D eigenvalue weighted by Gasteiger charge is 2.32. The van der Waals surface area contributed by atoms with Gasteiger partial charge in [-0.05, 0) is 31.4 Å². The summed E-state index contributed by atoms with van der Waals surface area (Å²) in [6, 6.07) is 2.73. The highest BCUT2D eigenvalue weighted by molar-refractivity contribution is 5.96. The number of anilines is 1. The van der Waals surface area contributed by atoms with E-state index < -0.39 is 12.0 Å². The number of carbonyl (C=O) groups is 2. The molecule has 0 radical (unpaired) electrons.